The summed E-state index contributed by atoms with van der Waals surface area (Å²) in [5.41, 5.74) is 0. The highest BCUT2D eigenvalue weighted by Crippen LogP contribution is 2.13. The summed E-state index contributed by atoms with van der Waals surface area (Å²) in [6, 6.07) is 0. The van der Waals surface area contributed by atoms with Gasteiger partial charge in [-0.05, 0) is 116 Å². The molecule has 0 radical (unpaired) electrons. The topological polar surface area (TPSA) is 78.9 Å². The van der Waals surface area contributed by atoms with Gasteiger partial charge in [0.2, 0.25) is 0 Å². The number of allylic oxidation sites excluding steroid dienone is 16. The molecule has 0 aromatic carbocycles. The van der Waals surface area contributed by atoms with Gasteiger partial charge in [-0.1, -0.05) is 227 Å². The second-order valence-electron chi connectivity index (χ2n) is 18.8. The third kappa shape index (κ3) is 55.1. The molecule has 0 bridgehead atoms. The monoisotopic (exact) mass is 959 g/mol. The first-order valence-corrected chi connectivity index (χ1v) is 28.7. The van der Waals surface area contributed by atoms with Gasteiger partial charge in [0.1, 0.15) is 13.2 Å². The minimum atomic E-state index is -0.829. The van der Waals surface area contributed by atoms with Gasteiger partial charge in [0.05, 0.1) is 0 Å². The maximum absolute atomic E-state index is 12.8. The van der Waals surface area contributed by atoms with Crippen LogP contribution in [0.5, 0.6) is 0 Å². The van der Waals surface area contributed by atoms with E-state index in [0.29, 0.717) is 19.3 Å². The van der Waals surface area contributed by atoms with Crippen molar-refractivity contribution in [2.45, 2.75) is 271 Å². The van der Waals surface area contributed by atoms with Crippen molar-refractivity contribution < 1.29 is 28.6 Å². The molecule has 0 rings (SSSR count). The summed E-state index contributed by atoms with van der Waals surface area (Å²) in [5, 5.41) is 0. The van der Waals surface area contributed by atoms with Gasteiger partial charge in [-0.15, -0.1) is 0 Å². The lowest BCUT2D eigenvalue weighted by molar-refractivity contribution is -0.167. The molecule has 0 saturated carbocycles. The van der Waals surface area contributed by atoms with Crippen molar-refractivity contribution in [3.63, 3.8) is 0 Å². The minimum Gasteiger partial charge on any atom is -0.462 e. The molecule has 6 nitrogen and oxygen atoms in total. The van der Waals surface area contributed by atoms with Gasteiger partial charge in [0.25, 0.3) is 0 Å². The smallest absolute Gasteiger partial charge is 0.306 e. The number of ether oxygens (including phenoxy) is 3. The van der Waals surface area contributed by atoms with Crippen LogP contribution in [-0.2, 0) is 28.6 Å². The van der Waals surface area contributed by atoms with Crippen molar-refractivity contribution >= 4 is 17.9 Å². The van der Waals surface area contributed by atoms with E-state index in [1.54, 1.807) is 0 Å². The highest BCUT2D eigenvalue weighted by molar-refractivity contribution is 5.71. The molecule has 0 aromatic rings. The second-order valence-corrected chi connectivity index (χ2v) is 18.8. The number of carbonyl (C=O) groups excluding carboxylic acids is 3. The van der Waals surface area contributed by atoms with Crippen LogP contribution in [0.15, 0.2) is 97.2 Å². The fourth-order valence-electron chi connectivity index (χ4n) is 7.68. The van der Waals surface area contributed by atoms with E-state index in [-0.39, 0.29) is 44.0 Å². The van der Waals surface area contributed by atoms with Crippen molar-refractivity contribution in [3.05, 3.63) is 97.2 Å². The first-order valence-electron chi connectivity index (χ1n) is 28.7. The van der Waals surface area contributed by atoms with Crippen molar-refractivity contribution in [2.75, 3.05) is 13.2 Å². The average Bonchev–Trinajstić information content (AvgIpc) is 3.35. The molecule has 0 saturated heterocycles. The molecule has 0 amide bonds. The molecular weight excluding hydrogens is 853 g/mol. The summed E-state index contributed by atoms with van der Waals surface area (Å²) in [6.07, 6.45) is 75.5. The number of rotatable bonds is 51. The van der Waals surface area contributed by atoms with E-state index in [2.05, 4.69) is 118 Å². The van der Waals surface area contributed by atoms with E-state index in [0.717, 1.165) is 64.2 Å². The third-order valence-corrected chi connectivity index (χ3v) is 12.0. The Morgan fingerprint density at radius 3 is 0.913 bits per heavy atom. The Kier molecular flexibility index (Phi) is 53.9. The van der Waals surface area contributed by atoms with E-state index >= 15 is 0 Å². The number of carbonyl (C=O) groups is 3. The Labute approximate surface area is 426 Å². The molecule has 0 spiro atoms. The van der Waals surface area contributed by atoms with Crippen LogP contribution in [0.25, 0.3) is 0 Å². The molecule has 0 aliphatic carbocycles. The van der Waals surface area contributed by atoms with E-state index in [1.165, 1.54) is 148 Å². The molecular formula is C63H106O6. The summed E-state index contributed by atoms with van der Waals surface area (Å²) in [6.45, 7) is 6.51. The number of hydrogen-bond acceptors (Lipinski definition) is 6. The Balaban J connectivity index is 4.55. The average molecular weight is 960 g/mol. The van der Waals surface area contributed by atoms with Crippen LogP contribution < -0.4 is 0 Å². The Bertz CT molecular complexity index is 1380. The summed E-state index contributed by atoms with van der Waals surface area (Å²) in [7, 11) is 0. The normalized spacial score (nSPS) is 12.8. The standard InChI is InChI=1S/C63H106O6/c1-4-7-10-13-16-19-22-25-28-31-34-37-40-43-46-49-52-55-61(64)67-58-60(69-63(66)57-54-51-48-45-42-39-36-33-30-27-24-21-18-15-12-9-6-3)59-68-62(65)56-53-50-47-44-41-38-35-32-29-26-23-20-17-14-11-8-5-2/h18,21,25-30,34,36-37,39,43,45-46,48,60H,4-17,19-20,22-24,31-33,35,38,40-42,44,47,49-59H2,1-3H3/b21-18-,28-25-,29-26-,30-27-,37-34-,39-36-,46-43-,48-45-/t60-/m1/s1. The summed E-state index contributed by atoms with van der Waals surface area (Å²) in [5.74, 6) is -1.03. The van der Waals surface area contributed by atoms with Crippen molar-refractivity contribution in [3.8, 4) is 0 Å². The fourth-order valence-corrected chi connectivity index (χ4v) is 7.68. The van der Waals surface area contributed by atoms with Crippen LogP contribution >= 0.6 is 0 Å². The third-order valence-electron chi connectivity index (χ3n) is 12.0. The first kappa shape index (κ1) is 65.3. The molecule has 0 aromatic heterocycles. The zero-order valence-corrected chi connectivity index (χ0v) is 45.0. The highest BCUT2D eigenvalue weighted by Gasteiger charge is 2.19. The molecule has 6 heteroatoms. The van der Waals surface area contributed by atoms with E-state index < -0.39 is 6.10 Å². The van der Waals surface area contributed by atoms with Crippen LogP contribution in [0.4, 0.5) is 0 Å². The Morgan fingerprint density at radius 2 is 0.536 bits per heavy atom. The molecule has 0 heterocycles. The van der Waals surface area contributed by atoms with Gasteiger partial charge in [0.15, 0.2) is 6.10 Å². The van der Waals surface area contributed by atoms with E-state index in [4.69, 9.17) is 14.2 Å². The molecule has 69 heavy (non-hydrogen) atoms. The van der Waals surface area contributed by atoms with Crippen molar-refractivity contribution in [2.24, 2.45) is 0 Å². The number of hydrogen-bond donors (Lipinski definition) is 0. The van der Waals surface area contributed by atoms with Gasteiger partial charge in [-0.2, -0.15) is 0 Å². The largest absolute Gasteiger partial charge is 0.462 e. The Hall–Kier alpha value is -3.67. The van der Waals surface area contributed by atoms with Crippen LogP contribution in [0, 0.1) is 0 Å². The lowest BCUT2D eigenvalue weighted by Crippen LogP contribution is -2.30. The fraction of sp³-hybridized carbons (Fsp3) is 0.698. The van der Waals surface area contributed by atoms with E-state index in [1.807, 2.05) is 0 Å². The summed E-state index contributed by atoms with van der Waals surface area (Å²) in [4.78, 5) is 38.1. The molecule has 0 N–H and O–H groups in total. The van der Waals surface area contributed by atoms with Gasteiger partial charge >= 0.3 is 17.9 Å². The van der Waals surface area contributed by atoms with Crippen LogP contribution in [0.3, 0.4) is 0 Å². The Morgan fingerprint density at radius 1 is 0.290 bits per heavy atom. The van der Waals surface area contributed by atoms with E-state index in [9.17, 15) is 14.4 Å². The van der Waals surface area contributed by atoms with Gasteiger partial charge < -0.3 is 14.2 Å². The maximum Gasteiger partial charge on any atom is 0.306 e. The number of esters is 3. The zero-order valence-electron chi connectivity index (χ0n) is 45.0. The van der Waals surface area contributed by atoms with Gasteiger partial charge in [0, 0.05) is 19.3 Å². The molecule has 0 fully saturated rings. The van der Waals surface area contributed by atoms with Crippen molar-refractivity contribution in [1.82, 2.24) is 0 Å². The van der Waals surface area contributed by atoms with Crippen molar-refractivity contribution in [1.29, 1.82) is 0 Å². The molecule has 0 aliphatic heterocycles. The minimum absolute atomic E-state index is 0.117. The lowest BCUT2D eigenvalue weighted by atomic mass is 10.1. The predicted molar refractivity (Wildman–Crippen MR) is 297 cm³/mol. The molecule has 0 aliphatic rings. The molecule has 1 atom stereocenters. The number of unbranched alkanes of at least 4 members (excludes halogenated alkanes) is 24. The lowest BCUT2D eigenvalue weighted by Gasteiger charge is -2.18. The van der Waals surface area contributed by atoms with Gasteiger partial charge in [-0.3, -0.25) is 14.4 Å². The van der Waals surface area contributed by atoms with Gasteiger partial charge in [-0.25, -0.2) is 0 Å². The highest BCUT2D eigenvalue weighted by atomic mass is 16.6. The summed E-state index contributed by atoms with van der Waals surface area (Å²) >= 11 is 0. The zero-order chi connectivity index (χ0) is 50.0. The SMILES string of the molecule is CCCCC/C=C\C/C=C\C/C=C\C/C=C\CCCC(=O)O[C@H](COC(=O)CCC/C=C\C/C=C\C/C=C\CCCCCCCC)COC(=O)CCCCCCCCC/C=C\CCCCCCCC. The second kappa shape index (κ2) is 56.9. The van der Waals surface area contributed by atoms with Crippen LogP contribution in [0.1, 0.15) is 265 Å². The van der Waals surface area contributed by atoms with Crippen LogP contribution in [0.2, 0.25) is 0 Å². The first-order chi connectivity index (χ1) is 34.0. The quantitative estimate of drug-likeness (QED) is 0.0262. The molecule has 0 unspecified atom stereocenters. The predicted octanol–water partition coefficient (Wildman–Crippen LogP) is 19.3. The molecule has 394 valence electrons. The summed E-state index contributed by atoms with van der Waals surface area (Å²) < 4.78 is 16.8. The maximum atomic E-state index is 12.8. The van der Waals surface area contributed by atoms with Crippen LogP contribution in [-0.4, -0.2) is 37.2 Å².